The second kappa shape index (κ2) is 10.9. The number of hydrogen-bond acceptors (Lipinski definition) is 5. The van der Waals surface area contributed by atoms with E-state index in [2.05, 4.69) is 12.2 Å². The molecule has 27 heavy (non-hydrogen) atoms. The van der Waals surface area contributed by atoms with Crippen LogP contribution in [0.2, 0.25) is 0 Å². The fourth-order valence-corrected chi connectivity index (χ4v) is 3.61. The van der Waals surface area contributed by atoms with Crippen molar-refractivity contribution in [3.63, 3.8) is 0 Å². The average Bonchev–Trinajstić information content (AvgIpc) is 2.94. The van der Waals surface area contributed by atoms with Gasteiger partial charge in [-0.15, -0.1) is 0 Å². The van der Waals surface area contributed by atoms with Crippen LogP contribution in [0, 0.1) is 0 Å². The van der Waals surface area contributed by atoms with Crippen LogP contribution >= 0.6 is 11.8 Å². The van der Waals surface area contributed by atoms with Crippen LogP contribution < -0.4 is 11.1 Å². The Labute approximate surface area is 164 Å². The summed E-state index contributed by atoms with van der Waals surface area (Å²) in [5.74, 6) is -0.358. The van der Waals surface area contributed by atoms with E-state index in [0.717, 1.165) is 49.4 Å². The number of hydrogen-bond donors (Lipinski definition) is 2. The number of nitrogens with zero attached hydrogens (tertiary/aromatic N) is 1. The molecule has 6 nitrogen and oxygen atoms in total. The van der Waals surface area contributed by atoms with Gasteiger partial charge in [0.2, 0.25) is 5.91 Å². The van der Waals surface area contributed by atoms with Crippen LogP contribution in [0.1, 0.15) is 43.7 Å². The van der Waals surface area contributed by atoms with Crippen LogP contribution in [0.15, 0.2) is 29.2 Å². The molecule has 2 rings (SSSR count). The predicted octanol–water partition coefficient (Wildman–Crippen LogP) is 2.92. The van der Waals surface area contributed by atoms with Gasteiger partial charge < -0.3 is 11.1 Å². The summed E-state index contributed by atoms with van der Waals surface area (Å²) in [5.41, 5.74) is 7.38. The number of nitrogens with one attached hydrogen (secondary N) is 1. The fourth-order valence-electron chi connectivity index (χ4n) is 2.74. The number of thioether (sulfide) groups is 1. The Balaban J connectivity index is 1.76. The minimum Gasteiger partial charge on any atom is -0.355 e. The van der Waals surface area contributed by atoms with E-state index in [1.807, 2.05) is 24.3 Å². The van der Waals surface area contributed by atoms with Gasteiger partial charge in [0, 0.05) is 13.1 Å². The maximum absolute atomic E-state index is 12.5. The monoisotopic (exact) mass is 389 g/mol. The summed E-state index contributed by atoms with van der Waals surface area (Å²) in [4.78, 5) is 37.4. The second-order valence-electron chi connectivity index (χ2n) is 6.40. The summed E-state index contributed by atoms with van der Waals surface area (Å²) in [6.45, 7) is 3.15. The van der Waals surface area contributed by atoms with Gasteiger partial charge in [0.25, 0.3) is 11.1 Å². The van der Waals surface area contributed by atoms with E-state index in [-0.39, 0.29) is 23.6 Å². The summed E-state index contributed by atoms with van der Waals surface area (Å²) < 4.78 is 0. The largest absolute Gasteiger partial charge is 0.355 e. The Morgan fingerprint density at radius 2 is 1.85 bits per heavy atom. The van der Waals surface area contributed by atoms with Crippen molar-refractivity contribution in [2.75, 3.05) is 19.6 Å². The van der Waals surface area contributed by atoms with Crippen LogP contribution in [-0.4, -0.2) is 41.6 Å². The van der Waals surface area contributed by atoms with Gasteiger partial charge in [0.1, 0.15) is 0 Å². The summed E-state index contributed by atoms with van der Waals surface area (Å²) in [6.07, 6.45) is 6.21. The standard InChI is InChI=1S/C20H27N3O3S/c1-2-15-7-9-16(10-8-15)13-17-19(25)23(20(26)27-17)12-6-4-3-5-11-22-18(24)14-21/h7-10,13H,2-6,11-12,14,21H2,1H3,(H,22,24). The SMILES string of the molecule is CCc1ccc(C=C2SC(=O)N(CCCCCCNC(=O)CN)C2=O)cc1. The van der Waals surface area contributed by atoms with Crippen molar-refractivity contribution in [3.8, 4) is 0 Å². The molecule has 0 aliphatic carbocycles. The molecule has 0 bridgehead atoms. The minimum absolute atomic E-state index is 0.00937. The molecule has 1 heterocycles. The molecule has 3 amide bonds. The van der Waals surface area contributed by atoms with Crippen molar-refractivity contribution in [1.29, 1.82) is 0 Å². The van der Waals surface area contributed by atoms with Crippen molar-refractivity contribution >= 4 is 34.9 Å². The molecular weight excluding hydrogens is 362 g/mol. The molecule has 146 valence electrons. The van der Waals surface area contributed by atoms with Gasteiger partial charge in [-0.05, 0) is 48.2 Å². The van der Waals surface area contributed by atoms with Gasteiger partial charge in [-0.25, -0.2) is 0 Å². The number of carbonyl (C=O) groups excluding carboxylic acids is 3. The van der Waals surface area contributed by atoms with Gasteiger partial charge in [-0.3, -0.25) is 19.3 Å². The minimum atomic E-state index is -0.209. The van der Waals surface area contributed by atoms with Crippen LogP contribution in [0.5, 0.6) is 0 Å². The van der Waals surface area contributed by atoms with E-state index >= 15 is 0 Å². The number of nitrogens with two attached hydrogens (primary N) is 1. The molecule has 0 radical (unpaired) electrons. The molecule has 1 aliphatic rings. The summed E-state index contributed by atoms with van der Waals surface area (Å²) in [5, 5.41) is 2.52. The molecule has 0 unspecified atom stereocenters. The van der Waals surface area contributed by atoms with Crippen molar-refractivity contribution in [2.24, 2.45) is 5.73 Å². The summed E-state index contributed by atoms with van der Waals surface area (Å²) in [7, 11) is 0. The highest BCUT2D eigenvalue weighted by Crippen LogP contribution is 2.32. The summed E-state index contributed by atoms with van der Waals surface area (Å²) in [6, 6.07) is 8.00. The lowest BCUT2D eigenvalue weighted by atomic mass is 10.1. The number of unbranched alkanes of at least 4 members (excludes halogenated alkanes) is 3. The smallest absolute Gasteiger partial charge is 0.293 e. The average molecular weight is 390 g/mol. The number of amides is 3. The van der Waals surface area contributed by atoms with Gasteiger partial charge in [0.05, 0.1) is 11.4 Å². The zero-order valence-electron chi connectivity index (χ0n) is 15.7. The molecule has 0 aromatic heterocycles. The second-order valence-corrected chi connectivity index (χ2v) is 7.39. The van der Waals surface area contributed by atoms with E-state index in [0.29, 0.717) is 18.0 Å². The van der Waals surface area contributed by atoms with Gasteiger partial charge in [0.15, 0.2) is 0 Å². The zero-order chi connectivity index (χ0) is 19.6. The molecule has 3 N–H and O–H groups in total. The normalized spacial score (nSPS) is 15.6. The van der Waals surface area contributed by atoms with Gasteiger partial charge in [-0.2, -0.15) is 0 Å². The van der Waals surface area contributed by atoms with Crippen molar-refractivity contribution in [3.05, 3.63) is 40.3 Å². The molecule has 0 saturated carbocycles. The van der Waals surface area contributed by atoms with Gasteiger partial charge in [-0.1, -0.05) is 44.0 Å². The topological polar surface area (TPSA) is 92.5 Å². The first-order valence-corrected chi connectivity index (χ1v) is 10.2. The Kier molecular flexibility index (Phi) is 8.54. The molecule has 1 aromatic rings. The fraction of sp³-hybridized carbons (Fsp3) is 0.450. The third kappa shape index (κ3) is 6.52. The molecule has 1 aliphatic heterocycles. The van der Waals surface area contributed by atoms with Crippen molar-refractivity contribution in [2.45, 2.75) is 39.0 Å². The molecule has 7 heteroatoms. The third-order valence-electron chi connectivity index (χ3n) is 4.38. The lowest BCUT2D eigenvalue weighted by Crippen LogP contribution is -2.31. The quantitative estimate of drug-likeness (QED) is 0.474. The first-order chi connectivity index (χ1) is 13.0. The molecule has 1 saturated heterocycles. The number of rotatable bonds is 10. The summed E-state index contributed by atoms with van der Waals surface area (Å²) >= 11 is 1.00. The Bertz CT molecular complexity index is 701. The molecule has 0 atom stereocenters. The van der Waals surface area contributed by atoms with Crippen molar-refractivity contribution in [1.82, 2.24) is 10.2 Å². The number of benzene rings is 1. The number of imide groups is 1. The van der Waals surface area contributed by atoms with E-state index in [9.17, 15) is 14.4 Å². The highest BCUT2D eigenvalue weighted by atomic mass is 32.2. The maximum Gasteiger partial charge on any atom is 0.293 e. The Morgan fingerprint density at radius 1 is 1.15 bits per heavy atom. The maximum atomic E-state index is 12.5. The lowest BCUT2D eigenvalue weighted by molar-refractivity contribution is -0.123. The highest BCUT2D eigenvalue weighted by molar-refractivity contribution is 8.18. The molecule has 1 fully saturated rings. The molecule has 1 aromatic carbocycles. The Hall–Kier alpha value is -2.12. The van der Waals surface area contributed by atoms with Crippen LogP contribution in [-0.2, 0) is 16.0 Å². The van der Waals surface area contributed by atoms with Gasteiger partial charge >= 0.3 is 0 Å². The van der Waals surface area contributed by atoms with E-state index in [1.54, 1.807) is 6.08 Å². The lowest BCUT2D eigenvalue weighted by Gasteiger charge is -2.12. The first kappa shape index (κ1) is 21.2. The highest BCUT2D eigenvalue weighted by Gasteiger charge is 2.34. The Morgan fingerprint density at radius 3 is 2.52 bits per heavy atom. The predicted molar refractivity (Wildman–Crippen MR) is 109 cm³/mol. The van der Waals surface area contributed by atoms with E-state index in [1.165, 1.54) is 10.5 Å². The van der Waals surface area contributed by atoms with Crippen LogP contribution in [0.3, 0.4) is 0 Å². The van der Waals surface area contributed by atoms with Crippen LogP contribution in [0.25, 0.3) is 6.08 Å². The number of carbonyl (C=O) groups is 3. The molecule has 0 spiro atoms. The van der Waals surface area contributed by atoms with Crippen LogP contribution in [0.4, 0.5) is 4.79 Å². The first-order valence-electron chi connectivity index (χ1n) is 9.36. The molecular formula is C20H27N3O3S. The van der Waals surface area contributed by atoms with Crippen molar-refractivity contribution < 1.29 is 14.4 Å². The van der Waals surface area contributed by atoms with E-state index in [4.69, 9.17) is 5.73 Å². The van der Waals surface area contributed by atoms with E-state index < -0.39 is 0 Å². The number of aryl methyl sites for hydroxylation is 1. The third-order valence-corrected chi connectivity index (χ3v) is 5.28. The zero-order valence-corrected chi connectivity index (χ0v) is 16.5.